The molecule has 0 saturated carbocycles. The summed E-state index contributed by atoms with van der Waals surface area (Å²) in [7, 11) is 0. The van der Waals surface area contributed by atoms with E-state index in [1.54, 1.807) is 12.1 Å². The predicted molar refractivity (Wildman–Crippen MR) is 59.4 cm³/mol. The quantitative estimate of drug-likeness (QED) is 0.589. The second-order valence-electron chi connectivity index (χ2n) is 2.90. The fraction of sp³-hybridized carbons (Fsp3) is 0.273. The molecule has 0 aliphatic carbocycles. The van der Waals surface area contributed by atoms with Gasteiger partial charge < -0.3 is 4.74 Å². The van der Waals surface area contributed by atoms with E-state index < -0.39 is 0 Å². The number of hydrogen-bond acceptors (Lipinski definition) is 1. The summed E-state index contributed by atoms with van der Waals surface area (Å²) < 4.78 is 18.3. The van der Waals surface area contributed by atoms with E-state index in [-0.39, 0.29) is 10.6 Å². The summed E-state index contributed by atoms with van der Waals surface area (Å²) in [5.41, 5.74) is 0.812. The van der Waals surface area contributed by atoms with E-state index in [1.807, 2.05) is 6.92 Å². The van der Waals surface area contributed by atoms with Gasteiger partial charge in [-0.3, -0.25) is 0 Å². The first-order valence-corrected chi connectivity index (χ1v) is 5.24. The van der Waals surface area contributed by atoms with Gasteiger partial charge in [-0.25, -0.2) is 4.39 Å². The lowest BCUT2D eigenvalue weighted by molar-refractivity contribution is 0.358. The van der Waals surface area contributed by atoms with Gasteiger partial charge >= 0.3 is 0 Å². The Kier molecular flexibility index (Phi) is 4.14. The van der Waals surface area contributed by atoms with Gasteiger partial charge in [-0.15, -0.1) is 0 Å². The third kappa shape index (κ3) is 2.84. The van der Waals surface area contributed by atoms with Crippen LogP contribution in [0.5, 0.6) is 5.75 Å². The van der Waals surface area contributed by atoms with Crippen LogP contribution in [0.2, 0.25) is 0 Å². The lowest BCUT2D eigenvalue weighted by Crippen LogP contribution is -1.98. The van der Waals surface area contributed by atoms with Crippen molar-refractivity contribution >= 4 is 15.9 Å². The Hall–Kier alpha value is -0.830. The van der Waals surface area contributed by atoms with E-state index in [1.165, 1.54) is 12.1 Å². The molecule has 1 aromatic rings. The van der Waals surface area contributed by atoms with Crippen LogP contribution in [0.25, 0.3) is 0 Å². The van der Waals surface area contributed by atoms with Crippen LogP contribution in [0.4, 0.5) is 4.39 Å². The molecule has 1 aromatic carbocycles. The standard InChI is InChI=1S/C11H12BrFO/c1-3-6-14-11-5-4-9(13)7-10(11)8(2)12/h3-5,7-8H,1,6H2,2H3. The highest BCUT2D eigenvalue weighted by Crippen LogP contribution is 2.31. The number of hydrogen-bond donors (Lipinski definition) is 0. The predicted octanol–water partition coefficient (Wildman–Crippen LogP) is 3.85. The Morgan fingerprint density at radius 2 is 2.36 bits per heavy atom. The monoisotopic (exact) mass is 258 g/mol. The average molecular weight is 259 g/mol. The number of ether oxygens (including phenoxy) is 1. The van der Waals surface area contributed by atoms with Gasteiger partial charge in [0.05, 0.1) is 0 Å². The summed E-state index contributed by atoms with van der Waals surface area (Å²) in [6, 6.07) is 4.49. The number of benzene rings is 1. The number of rotatable bonds is 4. The van der Waals surface area contributed by atoms with Crippen LogP contribution in [0.3, 0.4) is 0 Å². The normalized spacial score (nSPS) is 12.2. The maximum atomic E-state index is 12.9. The smallest absolute Gasteiger partial charge is 0.124 e. The first-order valence-electron chi connectivity index (χ1n) is 4.32. The van der Waals surface area contributed by atoms with Crippen molar-refractivity contribution in [3.8, 4) is 5.75 Å². The maximum Gasteiger partial charge on any atom is 0.124 e. The van der Waals surface area contributed by atoms with Crippen LogP contribution in [0, 0.1) is 5.82 Å². The minimum atomic E-state index is -0.253. The highest BCUT2D eigenvalue weighted by atomic mass is 79.9. The molecule has 0 N–H and O–H groups in total. The second kappa shape index (κ2) is 5.15. The van der Waals surface area contributed by atoms with Crippen LogP contribution < -0.4 is 4.74 Å². The molecule has 14 heavy (non-hydrogen) atoms. The van der Waals surface area contributed by atoms with Crippen molar-refractivity contribution in [2.24, 2.45) is 0 Å². The van der Waals surface area contributed by atoms with Crippen LogP contribution in [0.15, 0.2) is 30.9 Å². The van der Waals surface area contributed by atoms with Crippen LogP contribution in [-0.2, 0) is 0 Å². The first-order chi connectivity index (χ1) is 6.65. The molecule has 0 aliphatic rings. The van der Waals surface area contributed by atoms with Gasteiger partial charge in [0.1, 0.15) is 18.2 Å². The Morgan fingerprint density at radius 1 is 1.64 bits per heavy atom. The minimum Gasteiger partial charge on any atom is -0.489 e. The molecule has 0 bridgehead atoms. The van der Waals surface area contributed by atoms with Crippen LogP contribution in [-0.4, -0.2) is 6.61 Å². The van der Waals surface area contributed by atoms with Crippen molar-refractivity contribution in [3.63, 3.8) is 0 Å². The van der Waals surface area contributed by atoms with Gasteiger partial charge in [0.15, 0.2) is 0 Å². The molecule has 76 valence electrons. The molecule has 1 atom stereocenters. The van der Waals surface area contributed by atoms with E-state index in [4.69, 9.17) is 4.74 Å². The highest BCUT2D eigenvalue weighted by molar-refractivity contribution is 9.09. The van der Waals surface area contributed by atoms with Crippen molar-refractivity contribution in [2.75, 3.05) is 6.61 Å². The van der Waals surface area contributed by atoms with E-state index in [9.17, 15) is 4.39 Å². The molecule has 1 unspecified atom stereocenters. The van der Waals surface area contributed by atoms with Gasteiger partial charge in [0, 0.05) is 10.4 Å². The molecule has 1 nitrogen and oxygen atoms in total. The fourth-order valence-corrected chi connectivity index (χ4v) is 1.47. The molecule has 0 saturated heterocycles. The molecular weight excluding hydrogens is 247 g/mol. The van der Waals surface area contributed by atoms with E-state index in [2.05, 4.69) is 22.5 Å². The summed E-state index contributed by atoms with van der Waals surface area (Å²) in [6.45, 7) is 5.91. The van der Waals surface area contributed by atoms with Gasteiger partial charge in [0.2, 0.25) is 0 Å². The Morgan fingerprint density at radius 3 is 2.93 bits per heavy atom. The third-order valence-corrected chi connectivity index (χ3v) is 2.25. The molecular formula is C11H12BrFO. The zero-order valence-corrected chi connectivity index (χ0v) is 9.55. The minimum absolute atomic E-state index is 0.0676. The molecule has 0 amide bonds. The molecule has 0 heterocycles. The summed E-state index contributed by atoms with van der Waals surface area (Å²) in [5.74, 6) is 0.438. The van der Waals surface area contributed by atoms with Crippen molar-refractivity contribution in [3.05, 3.63) is 42.2 Å². The summed E-state index contributed by atoms with van der Waals surface area (Å²) in [4.78, 5) is 0.0676. The van der Waals surface area contributed by atoms with Gasteiger partial charge in [-0.05, 0) is 25.1 Å². The van der Waals surface area contributed by atoms with Crippen molar-refractivity contribution in [2.45, 2.75) is 11.8 Å². The Balaban J connectivity index is 2.95. The van der Waals surface area contributed by atoms with Crippen LogP contribution >= 0.6 is 15.9 Å². The third-order valence-electron chi connectivity index (χ3n) is 1.76. The van der Waals surface area contributed by atoms with Gasteiger partial charge in [-0.1, -0.05) is 28.6 Å². The summed E-state index contributed by atoms with van der Waals surface area (Å²) >= 11 is 3.39. The van der Waals surface area contributed by atoms with E-state index in [0.29, 0.717) is 12.4 Å². The summed E-state index contributed by atoms with van der Waals surface area (Å²) in [6.07, 6.45) is 1.66. The zero-order chi connectivity index (χ0) is 10.6. The van der Waals surface area contributed by atoms with Crippen molar-refractivity contribution in [1.29, 1.82) is 0 Å². The topological polar surface area (TPSA) is 9.23 Å². The lowest BCUT2D eigenvalue weighted by Gasteiger charge is -2.11. The second-order valence-corrected chi connectivity index (χ2v) is 4.27. The molecule has 0 radical (unpaired) electrons. The van der Waals surface area contributed by atoms with Crippen molar-refractivity contribution < 1.29 is 9.13 Å². The lowest BCUT2D eigenvalue weighted by atomic mass is 10.1. The molecule has 3 heteroatoms. The van der Waals surface area contributed by atoms with Gasteiger partial charge in [0.25, 0.3) is 0 Å². The average Bonchev–Trinajstić information content (AvgIpc) is 2.15. The fourth-order valence-electron chi connectivity index (χ4n) is 1.11. The number of halogens is 2. The molecule has 0 aliphatic heterocycles. The zero-order valence-electron chi connectivity index (χ0n) is 7.97. The maximum absolute atomic E-state index is 12.9. The molecule has 0 spiro atoms. The molecule has 1 rings (SSSR count). The van der Waals surface area contributed by atoms with Crippen LogP contribution in [0.1, 0.15) is 17.3 Å². The Bertz CT molecular complexity index is 323. The SMILES string of the molecule is C=CCOc1ccc(F)cc1C(C)Br. The van der Waals surface area contributed by atoms with Gasteiger partial charge in [-0.2, -0.15) is 0 Å². The molecule has 0 aromatic heterocycles. The Labute approximate surface area is 91.7 Å². The number of alkyl halides is 1. The van der Waals surface area contributed by atoms with E-state index >= 15 is 0 Å². The first kappa shape index (κ1) is 11.2. The highest BCUT2D eigenvalue weighted by Gasteiger charge is 2.09. The molecule has 0 fully saturated rings. The largest absolute Gasteiger partial charge is 0.489 e. The summed E-state index contributed by atoms with van der Waals surface area (Å²) in [5, 5.41) is 0. The van der Waals surface area contributed by atoms with Crippen molar-refractivity contribution in [1.82, 2.24) is 0 Å². The van der Waals surface area contributed by atoms with E-state index in [0.717, 1.165) is 5.56 Å².